The Morgan fingerprint density at radius 2 is 1.44 bits per heavy atom. The Labute approximate surface area is 156 Å². The molecule has 0 spiro atoms. The maximum atomic E-state index is 12.5. The second-order valence-corrected chi connectivity index (χ2v) is 5.60. The molecule has 0 aromatic heterocycles. The van der Waals surface area contributed by atoms with E-state index in [9.17, 15) is 27.6 Å². The van der Waals surface area contributed by atoms with Crippen LogP contribution in [0.3, 0.4) is 0 Å². The van der Waals surface area contributed by atoms with Gasteiger partial charge >= 0.3 is 12.1 Å². The van der Waals surface area contributed by atoms with Gasteiger partial charge in [-0.2, -0.15) is 13.2 Å². The molecule has 0 aliphatic rings. The summed E-state index contributed by atoms with van der Waals surface area (Å²) < 4.78 is 42.0. The van der Waals surface area contributed by atoms with E-state index in [1.165, 1.54) is 24.3 Å². The van der Waals surface area contributed by atoms with Gasteiger partial charge in [-0.1, -0.05) is 11.6 Å². The van der Waals surface area contributed by atoms with Crippen molar-refractivity contribution in [2.45, 2.75) is 6.18 Å². The molecule has 6 nitrogen and oxygen atoms in total. The summed E-state index contributed by atoms with van der Waals surface area (Å²) in [7, 11) is 0. The predicted molar refractivity (Wildman–Crippen MR) is 88.8 cm³/mol. The molecule has 0 saturated carbocycles. The zero-order chi connectivity index (χ0) is 20.0. The van der Waals surface area contributed by atoms with Crippen LogP contribution < -0.4 is 10.9 Å². The molecule has 2 rings (SSSR count). The minimum atomic E-state index is -4.52. The summed E-state index contributed by atoms with van der Waals surface area (Å²) in [5.41, 5.74) is 3.31. The standard InChI is InChI=1S/C17H12ClF3N2O4/c18-13-7-3-10(4-8-13)15(25)23-22-14(24)9-27-16(26)11-1-5-12(6-2-11)17(19,20)21/h1-8H,9H2,(H,22,24)(H,23,25). The number of halogens is 4. The molecule has 2 aromatic carbocycles. The number of carbonyl (C=O) groups excluding carboxylic acids is 3. The number of amides is 2. The van der Waals surface area contributed by atoms with Crippen LogP contribution >= 0.6 is 11.6 Å². The van der Waals surface area contributed by atoms with Gasteiger partial charge in [-0.15, -0.1) is 0 Å². The minimum absolute atomic E-state index is 0.152. The van der Waals surface area contributed by atoms with Gasteiger partial charge in [-0.05, 0) is 48.5 Å². The summed E-state index contributed by atoms with van der Waals surface area (Å²) >= 11 is 5.69. The molecule has 10 heteroatoms. The van der Waals surface area contributed by atoms with Crippen LogP contribution in [-0.2, 0) is 15.7 Å². The van der Waals surface area contributed by atoms with E-state index >= 15 is 0 Å². The van der Waals surface area contributed by atoms with Crippen molar-refractivity contribution in [3.05, 3.63) is 70.2 Å². The van der Waals surface area contributed by atoms with Crippen LogP contribution in [-0.4, -0.2) is 24.4 Å². The number of esters is 1. The van der Waals surface area contributed by atoms with E-state index in [4.69, 9.17) is 11.6 Å². The third-order valence-corrected chi connectivity index (χ3v) is 3.46. The van der Waals surface area contributed by atoms with Gasteiger partial charge in [0, 0.05) is 10.6 Å². The molecule has 0 saturated heterocycles. The van der Waals surface area contributed by atoms with Crippen LogP contribution in [0.5, 0.6) is 0 Å². The van der Waals surface area contributed by atoms with Crippen LogP contribution in [0.15, 0.2) is 48.5 Å². The first-order chi connectivity index (χ1) is 12.7. The van der Waals surface area contributed by atoms with Crippen molar-refractivity contribution in [2.24, 2.45) is 0 Å². The molecule has 0 unspecified atom stereocenters. The Morgan fingerprint density at radius 1 is 0.889 bits per heavy atom. The number of ether oxygens (including phenoxy) is 1. The monoisotopic (exact) mass is 400 g/mol. The van der Waals surface area contributed by atoms with E-state index in [0.717, 1.165) is 24.3 Å². The molecule has 0 aliphatic heterocycles. The molecule has 0 aliphatic carbocycles. The zero-order valence-corrected chi connectivity index (χ0v) is 14.2. The summed E-state index contributed by atoms with van der Waals surface area (Å²) in [5, 5.41) is 0.436. The fourth-order valence-electron chi connectivity index (χ4n) is 1.85. The smallest absolute Gasteiger partial charge is 0.416 e. The lowest BCUT2D eigenvalue weighted by Gasteiger charge is -2.09. The second kappa shape index (κ2) is 8.54. The number of benzene rings is 2. The van der Waals surface area contributed by atoms with E-state index in [1.807, 2.05) is 5.43 Å². The van der Waals surface area contributed by atoms with Crippen molar-refractivity contribution >= 4 is 29.4 Å². The minimum Gasteiger partial charge on any atom is -0.452 e. The fourth-order valence-corrected chi connectivity index (χ4v) is 1.97. The fraction of sp³-hybridized carbons (Fsp3) is 0.118. The number of rotatable bonds is 4. The molecule has 2 amide bonds. The molecule has 0 fully saturated rings. The van der Waals surface area contributed by atoms with Gasteiger partial charge in [-0.25, -0.2) is 4.79 Å². The van der Waals surface area contributed by atoms with E-state index in [0.29, 0.717) is 5.02 Å². The van der Waals surface area contributed by atoms with Gasteiger partial charge in [-0.3, -0.25) is 20.4 Å². The van der Waals surface area contributed by atoms with Gasteiger partial charge in [0.15, 0.2) is 6.61 Å². The Bertz CT molecular complexity index is 837. The number of carbonyl (C=O) groups is 3. The topological polar surface area (TPSA) is 84.5 Å². The quantitative estimate of drug-likeness (QED) is 0.610. The van der Waals surface area contributed by atoms with E-state index in [2.05, 4.69) is 10.2 Å². The summed E-state index contributed by atoms with van der Waals surface area (Å²) in [5.74, 6) is -2.44. The van der Waals surface area contributed by atoms with E-state index in [1.54, 1.807) is 0 Å². The first kappa shape index (κ1) is 20.2. The summed E-state index contributed by atoms with van der Waals surface area (Å²) in [6.07, 6.45) is -4.52. The van der Waals surface area contributed by atoms with Gasteiger partial charge in [0.2, 0.25) is 0 Å². The molecule has 142 valence electrons. The molecule has 0 radical (unpaired) electrons. The second-order valence-electron chi connectivity index (χ2n) is 5.16. The SMILES string of the molecule is O=C(COC(=O)c1ccc(C(F)(F)F)cc1)NNC(=O)c1ccc(Cl)cc1. The predicted octanol–water partition coefficient (Wildman–Crippen LogP) is 2.98. The van der Waals surface area contributed by atoms with Crippen molar-refractivity contribution in [1.82, 2.24) is 10.9 Å². The first-order valence-electron chi connectivity index (χ1n) is 7.36. The number of hydrazine groups is 1. The van der Waals surface area contributed by atoms with Gasteiger partial charge in [0.05, 0.1) is 11.1 Å². The van der Waals surface area contributed by atoms with Crippen LogP contribution in [0.25, 0.3) is 0 Å². The van der Waals surface area contributed by atoms with Crippen LogP contribution in [0.1, 0.15) is 26.3 Å². The first-order valence-corrected chi connectivity index (χ1v) is 7.74. The van der Waals surface area contributed by atoms with E-state index < -0.39 is 36.1 Å². The largest absolute Gasteiger partial charge is 0.452 e. The number of hydrogen-bond acceptors (Lipinski definition) is 4. The number of nitrogens with one attached hydrogen (secondary N) is 2. The van der Waals surface area contributed by atoms with Gasteiger partial charge in [0.25, 0.3) is 11.8 Å². The highest BCUT2D eigenvalue weighted by Crippen LogP contribution is 2.29. The summed E-state index contributed by atoms with van der Waals surface area (Å²) in [6, 6.07) is 9.18. The molecular weight excluding hydrogens is 389 g/mol. The molecule has 2 aromatic rings. The van der Waals surface area contributed by atoms with Crippen LogP contribution in [0.4, 0.5) is 13.2 Å². The van der Waals surface area contributed by atoms with Crippen molar-refractivity contribution in [1.29, 1.82) is 0 Å². The molecule has 0 heterocycles. The van der Waals surface area contributed by atoms with Crippen molar-refractivity contribution < 1.29 is 32.3 Å². The van der Waals surface area contributed by atoms with Crippen molar-refractivity contribution in [2.75, 3.05) is 6.61 Å². The Hall–Kier alpha value is -3.07. The zero-order valence-electron chi connectivity index (χ0n) is 13.5. The highest BCUT2D eigenvalue weighted by atomic mass is 35.5. The number of alkyl halides is 3. The summed E-state index contributed by atoms with van der Waals surface area (Å²) in [6.45, 7) is -0.735. The van der Waals surface area contributed by atoms with Gasteiger partial charge in [0.1, 0.15) is 0 Å². The molecule has 0 atom stereocenters. The summed E-state index contributed by atoms with van der Waals surface area (Å²) in [4.78, 5) is 35.1. The lowest BCUT2D eigenvalue weighted by molar-refractivity contribution is -0.137. The lowest BCUT2D eigenvalue weighted by atomic mass is 10.1. The maximum Gasteiger partial charge on any atom is 0.416 e. The average Bonchev–Trinajstić information content (AvgIpc) is 2.64. The molecular formula is C17H12ClF3N2O4. The van der Waals surface area contributed by atoms with Crippen molar-refractivity contribution in [3.63, 3.8) is 0 Å². The highest BCUT2D eigenvalue weighted by molar-refractivity contribution is 6.30. The average molecular weight is 401 g/mol. The van der Waals surface area contributed by atoms with Gasteiger partial charge < -0.3 is 4.74 Å². The van der Waals surface area contributed by atoms with Crippen LogP contribution in [0.2, 0.25) is 5.02 Å². The normalized spacial score (nSPS) is 10.8. The molecule has 27 heavy (non-hydrogen) atoms. The Kier molecular flexibility index (Phi) is 6.40. The third kappa shape index (κ3) is 6.00. The molecule has 2 N–H and O–H groups in total. The Balaban J connectivity index is 1.80. The number of hydrogen-bond donors (Lipinski definition) is 2. The third-order valence-electron chi connectivity index (χ3n) is 3.20. The Morgan fingerprint density at radius 3 is 2.00 bits per heavy atom. The van der Waals surface area contributed by atoms with E-state index in [-0.39, 0.29) is 11.1 Å². The van der Waals surface area contributed by atoms with Crippen LogP contribution in [0, 0.1) is 0 Å². The molecule has 0 bridgehead atoms. The lowest BCUT2D eigenvalue weighted by Crippen LogP contribution is -2.43. The highest BCUT2D eigenvalue weighted by Gasteiger charge is 2.30. The van der Waals surface area contributed by atoms with Crippen molar-refractivity contribution in [3.8, 4) is 0 Å². The maximum absolute atomic E-state index is 12.5.